The number of rotatable bonds is 2. The molecule has 0 amide bonds. The van der Waals surface area contributed by atoms with Gasteiger partial charge in [-0.1, -0.05) is 11.6 Å². The Morgan fingerprint density at radius 3 is 2.88 bits per heavy atom. The fourth-order valence-electron chi connectivity index (χ4n) is 0.242. The molecular weight excluding hydrogens is 128 g/mol. The highest BCUT2D eigenvalue weighted by molar-refractivity contribution is 6.26. The van der Waals surface area contributed by atoms with Gasteiger partial charge >= 0.3 is 5.97 Å². The summed E-state index contributed by atoms with van der Waals surface area (Å²) in [5.74, 6) is -0.400. The van der Waals surface area contributed by atoms with Crippen molar-refractivity contribution in [1.82, 2.24) is 0 Å². The number of carbonyl (C=O) groups is 1. The molecule has 3 heteroatoms. The second-order valence-corrected chi connectivity index (χ2v) is 1.30. The van der Waals surface area contributed by atoms with E-state index in [-0.39, 0.29) is 0 Å². The maximum absolute atomic E-state index is 10.2. The van der Waals surface area contributed by atoms with Gasteiger partial charge in [0.1, 0.15) is 0 Å². The van der Waals surface area contributed by atoms with Crippen LogP contribution in [0.25, 0.3) is 0 Å². The number of hydrogen-bond donors (Lipinski definition) is 0. The van der Waals surface area contributed by atoms with E-state index in [9.17, 15) is 4.79 Å². The fraction of sp³-hybridized carbons (Fsp3) is 0.400. The Balaban J connectivity index is 3.33. The van der Waals surface area contributed by atoms with Crippen molar-refractivity contribution in [2.45, 2.75) is 6.92 Å². The van der Waals surface area contributed by atoms with Crippen molar-refractivity contribution in [3.05, 3.63) is 11.6 Å². The molecule has 0 N–H and O–H groups in total. The summed E-state index contributed by atoms with van der Waals surface area (Å²) in [5.41, 5.74) is 1.12. The van der Waals surface area contributed by atoms with E-state index in [1.165, 1.54) is 0 Å². The van der Waals surface area contributed by atoms with Crippen LogP contribution >= 0.6 is 11.6 Å². The van der Waals surface area contributed by atoms with Gasteiger partial charge in [0, 0.05) is 11.6 Å². The lowest BCUT2D eigenvalue weighted by Crippen LogP contribution is -1.97. The topological polar surface area (TPSA) is 26.3 Å². The Morgan fingerprint density at radius 1 is 1.88 bits per heavy atom. The lowest BCUT2D eigenvalue weighted by molar-refractivity contribution is -0.137. The first kappa shape index (κ1) is 7.50. The summed E-state index contributed by atoms with van der Waals surface area (Å²) in [6.07, 6.45) is 1.16. The average Bonchev–Trinajstić information content (AvgIpc) is 1.68. The van der Waals surface area contributed by atoms with Gasteiger partial charge in [-0.15, -0.1) is 0 Å². The van der Waals surface area contributed by atoms with Gasteiger partial charge in [0.15, 0.2) is 0 Å². The summed E-state index contributed by atoms with van der Waals surface area (Å²) in [4.78, 5) is 10.2. The Kier molecular flexibility index (Phi) is 4.36. The molecule has 0 aliphatic rings. The van der Waals surface area contributed by atoms with E-state index in [1.807, 2.05) is 0 Å². The van der Waals surface area contributed by atoms with E-state index < -0.39 is 5.97 Å². The minimum atomic E-state index is -0.400. The lowest BCUT2D eigenvalue weighted by atomic mass is 10.6. The molecule has 0 unspecified atom stereocenters. The van der Waals surface area contributed by atoms with Crippen molar-refractivity contribution in [2.75, 3.05) is 6.61 Å². The molecule has 0 spiro atoms. The summed E-state index contributed by atoms with van der Waals surface area (Å²) in [7, 11) is 0. The van der Waals surface area contributed by atoms with Gasteiger partial charge in [-0.2, -0.15) is 0 Å². The van der Waals surface area contributed by atoms with Crippen LogP contribution in [0.15, 0.2) is 11.6 Å². The molecule has 0 bridgehead atoms. The molecule has 0 radical (unpaired) electrons. The smallest absolute Gasteiger partial charge is 0.331 e. The van der Waals surface area contributed by atoms with Crippen LogP contribution in [0.2, 0.25) is 0 Å². The normalized spacial score (nSPS) is 9.75. The highest BCUT2D eigenvalue weighted by Gasteiger charge is 1.89. The van der Waals surface area contributed by atoms with Gasteiger partial charge in [-0.3, -0.25) is 0 Å². The van der Waals surface area contributed by atoms with Crippen LogP contribution in [0.3, 0.4) is 0 Å². The number of halogens is 1. The molecule has 0 fully saturated rings. The molecule has 0 atom stereocenters. The zero-order valence-electron chi connectivity index (χ0n) is 4.56. The van der Waals surface area contributed by atoms with Gasteiger partial charge in [-0.05, 0) is 6.92 Å². The predicted molar refractivity (Wildman–Crippen MR) is 31.6 cm³/mol. The van der Waals surface area contributed by atoms with Gasteiger partial charge in [0.25, 0.3) is 0 Å². The van der Waals surface area contributed by atoms with Crippen molar-refractivity contribution >= 4 is 17.6 Å². The second kappa shape index (κ2) is 4.65. The molecule has 0 rings (SSSR count). The number of esters is 1. The van der Waals surface area contributed by atoms with Gasteiger partial charge in [0.2, 0.25) is 0 Å². The Hall–Kier alpha value is -0.500. The predicted octanol–water partition coefficient (Wildman–Crippen LogP) is 1.30. The summed E-state index contributed by atoms with van der Waals surface area (Å²) in [6, 6.07) is 0. The van der Waals surface area contributed by atoms with Crippen LogP contribution in [0.1, 0.15) is 6.92 Å². The maximum atomic E-state index is 10.2. The maximum Gasteiger partial charge on any atom is 0.331 e. The number of carbonyl (C=O) groups excluding carboxylic acids is 1. The first-order chi connectivity index (χ1) is 3.81. The third kappa shape index (κ3) is 3.68. The first-order valence-corrected chi connectivity index (χ1v) is 2.68. The van der Waals surface area contributed by atoms with Gasteiger partial charge < -0.3 is 4.74 Å². The number of ether oxygens (including phenoxy) is 1. The van der Waals surface area contributed by atoms with Gasteiger partial charge in [-0.25, -0.2) is 4.79 Å². The van der Waals surface area contributed by atoms with Crippen molar-refractivity contribution in [1.29, 1.82) is 0 Å². The van der Waals surface area contributed by atoms with E-state index in [4.69, 9.17) is 11.6 Å². The van der Waals surface area contributed by atoms with Crippen LogP contribution in [0, 0.1) is 0 Å². The highest BCUT2D eigenvalue weighted by atomic mass is 35.5. The third-order valence-corrected chi connectivity index (χ3v) is 0.612. The molecule has 2 nitrogen and oxygen atoms in total. The first-order valence-electron chi connectivity index (χ1n) is 2.24. The molecule has 46 valence electrons. The van der Waals surface area contributed by atoms with Crippen LogP contribution in [-0.4, -0.2) is 12.6 Å². The minimum absolute atomic E-state index is 0.389. The van der Waals surface area contributed by atoms with Crippen LogP contribution in [-0.2, 0) is 9.53 Å². The van der Waals surface area contributed by atoms with Crippen LogP contribution in [0.4, 0.5) is 0 Å². The molecule has 0 aromatic rings. The molecular formula is C5H7ClO2. The monoisotopic (exact) mass is 134 g/mol. The van der Waals surface area contributed by atoms with E-state index in [1.54, 1.807) is 6.92 Å². The van der Waals surface area contributed by atoms with E-state index in [2.05, 4.69) is 4.74 Å². The largest absolute Gasteiger partial charge is 0.463 e. The Labute approximate surface area is 53.1 Å². The molecule has 8 heavy (non-hydrogen) atoms. The molecule has 0 saturated carbocycles. The standard InChI is InChI=1S/C5H7ClO2/c1-2-8-5(7)3-4-6/h3-4H,2H2,1H3/b4-3+. The molecule has 0 aromatic carbocycles. The Morgan fingerprint density at radius 2 is 2.50 bits per heavy atom. The second-order valence-electron chi connectivity index (χ2n) is 1.04. The molecule has 0 aromatic heterocycles. The van der Waals surface area contributed by atoms with E-state index >= 15 is 0 Å². The quantitative estimate of drug-likeness (QED) is 0.420. The molecule has 0 aliphatic carbocycles. The lowest BCUT2D eigenvalue weighted by Gasteiger charge is -1.91. The van der Waals surface area contributed by atoms with Crippen LogP contribution < -0.4 is 0 Å². The third-order valence-electron chi connectivity index (χ3n) is 0.486. The molecule has 0 saturated heterocycles. The zero-order chi connectivity index (χ0) is 6.41. The summed E-state index contributed by atoms with van der Waals surface area (Å²) >= 11 is 5.05. The van der Waals surface area contributed by atoms with Crippen LogP contribution in [0.5, 0.6) is 0 Å². The average molecular weight is 135 g/mol. The highest BCUT2D eigenvalue weighted by Crippen LogP contribution is 1.82. The van der Waals surface area contributed by atoms with Crippen molar-refractivity contribution in [3.63, 3.8) is 0 Å². The Bertz CT molecular complexity index is 98.6. The summed E-state index contributed by atoms with van der Waals surface area (Å²) in [6.45, 7) is 2.13. The van der Waals surface area contributed by atoms with Gasteiger partial charge in [0.05, 0.1) is 6.61 Å². The SMILES string of the molecule is CCOC(=O)/C=C/Cl. The zero-order valence-corrected chi connectivity index (χ0v) is 5.31. The van der Waals surface area contributed by atoms with Crippen molar-refractivity contribution in [3.8, 4) is 0 Å². The van der Waals surface area contributed by atoms with Crippen molar-refractivity contribution in [2.24, 2.45) is 0 Å². The van der Waals surface area contributed by atoms with Crippen molar-refractivity contribution < 1.29 is 9.53 Å². The summed E-state index contributed by atoms with van der Waals surface area (Å²) < 4.78 is 4.47. The van der Waals surface area contributed by atoms with E-state index in [0.717, 1.165) is 11.6 Å². The molecule has 0 heterocycles. The molecule has 0 aliphatic heterocycles. The minimum Gasteiger partial charge on any atom is -0.463 e. The fourth-order valence-corrected chi connectivity index (χ4v) is 0.345. The number of hydrogen-bond acceptors (Lipinski definition) is 2. The summed E-state index contributed by atoms with van der Waals surface area (Å²) in [5, 5.41) is 0. The van der Waals surface area contributed by atoms with E-state index in [0.29, 0.717) is 6.61 Å².